The van der Waals surface area contributed by atoms with Crippen LogP contribution in [0.15, 0.2) is 12.2 Å². The highest BCUT2D eigenvalue weighted by atomic mass is 14.1. The van der Waals surface area contributed by atoms with Crippen LogP contribution in [0, 0.1) is 11.8 Å². The van der Waals surface area contributed by atoms with E-state index in [1.807, 2.05) is 0 Å². The van der Waals surface area contributed by atoms with E-state index in [2.05, 4.69) is 39.8 Å². The van der Waals surface area contributed by atoms with E-state index in [4.69, 9.17) is 0 Å². The summed E-state index contributed by atoms with van der Waals surface area (Å²) in [6, 6.07) is 0. The first-order chi connectivity index (χ1) is 8.70. The molecule has 0 nitrogen and oxygen atoms in total. The molecule has 2 unspecified atom stereocenters. The van der Waals surface area contributed by atoms with E-state index in [1.165, 1.54) is 64.2 Å². The van der Waals surface area contributed by atoms with Gasteiger partial charge < -0.3 is 0 Å². The van der Waals surface area contributed by atoms with Crippen molar-refractivity contribution in [3.63, 3.8) is 0 Å². The van der Waals surface area contributed by atoms with Gasteiger partial charge in [0.1, 0.15) is 0 Å². The Labute approximate surface area is 116 Å². The number of hydrogen-bond donors (Lipinski definition) is 0. The standard InChI is InChI=1S/C18H36/c1-5-7-9-10-14-18(4)16-12-11-15-17(3)13-8-6-2/h12,16-18H,5-11,13-15H2,1-4H3. The maximum Gasteiger partial charge on any atom is -0.0262 e. The van der Waals surface area contributed by atoms with Crippen molar-refractivity contribution >= 4 is 0 Å². The first-order valence-electron chi connectivity index (χ1n) is 8.37. The summed E-state index contributed by atoms with van der Waals surface area (Å²) in [6.07, 6.45) is 18.6. The van der Waals surface area contributed by atoms with Crippen LogP contribution in [-0.2, 0) is 0 Å². The summed E-state index contributed by atoms with van der Waals surface area (Å²) in [5.74, 6) is 1.70. The highest BCUT2D eigenvalue weighted by molar-refractivity contribution is 4.86. The third kappa shape index (κ3) is 12.2. The van der Waals surface area contributed by atoms with Gasteiger partial charge in [-0.3, -0.25) is 0 Å². The molecule has 0 rings (SSSR count). The fourth-order valence-electron chi connectivity index (χ4n) is 2.40. The summed E-state index contributed by atoms with van der Waals surface area (Å²) in [5, 5.41) is 0. The first-order valence-corrected chi connectivity index (χ1v) is 8.37. The normalized spacial score (nSPS) is 15.1. The second kappa shape index (κ2) is 13.2. The van der Waals surface area contributed by atoms with E-state index in [0.29, 0.717) is 0 Å². The number of hydrogen-bond acceptors (Lipinski definition) is 0. The smallest absolute Gasteiger partial charge is 0.0262 e. The predicted octanol–water partition coefficient (Wildman–Crippen LogP) is 6.76. The summed E-state index contributed by atoms with van der Waals surface area (Å²) in [4.78, 5) is 0. The van der Waals surface area contributed by atoms with Gasteiger partial charge in [0, 0.05) is 0 Å². The van der Waals surface area contributed by atoms with Gasteiger partial charge in [0.05, 0.1) is 0 Å². The molecule has 0 spiro atoms. The van der Waals surface area contributed by atoms with E-state index in [0.717, 1.165) is 11.8 Å². The molecular formula is C18H36. The second-order valence-electron chi connectivity index (χ2n) is 6.08. The van der Waals surface area contributed by atoms with Crippen LogP contribution in [0.2, 0.25) is 0 Å². The molecule has 0 aromatic carbocycles. The van der Waals surface area contributed by atoms with Gasteiger partial charge in [0.2, 0.25) is 0 Å². The van der Waals surface area contributed by atoms with Crippen LogP contribution >= 0.6 is 0 Å². The zero-order valence-corrected chi connectivity index (χ0v) is 13.4. The minimum Gasteiger partial charge on any atom is -0.0883 e. The molecule has 0 saturated heterocycles. The fourth-order valence-corrected chi connectivity index (χ4v) is 2.40. The Bertz CT molecular complexity index is 180. The molecule has 0 fully saturated rings. The summed E-state index contributed by atoms with van der Waals surface area (Å²) >= 11 is 0. The molecule has 0 aliphatic rings. The SMILES string of the molecule is CCCCCCC(C)C=CCCC(C)CCCC. The molecule has 0 heteroatoms. The van der Waals surface area contributed by atoms with E-state index < -0.39 is 0 Å². The van der Waals surface area contributed by atoms with Gasteiger partial charge in [-0.25, -0.2) is 0 Å². The summed E-state index contributed by atoms with van der Waals surface area (Å²) < 4.78 is 0. The van der Waals surface area contributed by atoms with Crippen molar-refractivity contribution in [3.05, 3.63) is 12.2 Å². The van der Waals surface area contributed by atoms with Gasteiger partial charge in [-0.05, 0) is 31.1 Å². The molecule has 2 atom stereocenters. The molecule has 0 amide bonds. The largest absolute Gasteiger partial charge is 0.0883 e. The molecule has 0 heterocycles. The van der Waals surface area contributed by atoms with Crippen LogP contribution in [0.5, 0.6) is 0 Å². The fraction of sp³-hybridized carbons (Fsp3) is 0.889. The maximum absolute atomic E-state index is 2.44. The van der Waals surface area contributed by atoms with Crippen molar-refractivity contribution in [1.29, 1.82) is 0 Å². The van der Waals surface area contributed by atoms with Crippen molar-refractivity contribution < 1.29 is 0 Å². The number of allylic oxidation sites excluding steroid dienone is 2. The van der Waals surface area contributed by atoms with E-state index in [-0.39, 0.29) is 0 Å². The molecule has 0 aromatic rings. The summed E-state index contributed by atoms with van der Waals surface area (Å²) in [6.45, 7) is 9.33. The van der Waals surface area contributed by atoms with Crippen LogP contribution in [0.25, 0.3) is 0 Å². The Hall–Kier alpha value is -0.260. The zero-order chi connectivity index (χ0) is 13.6. The van der Waals surface area contributed by atoms with Gasteiger partial charge in [-0.2, -0.15) is 0 Å². The lowest BCUT2D eigenvalue weighted by Crippen LogP contribution is -1.94. The molecule has 0 N–H and O–H groups in total. The Morgan fingerprint density at radius 1 is 0.778 bits per heavy atom. The van der Waals surface area contributed by atoms with Gasteiger partial charge in [-0.15, -0.1) is 0 Å². The minimum absolute atomic E-state index is 0.785. The topological polar surface area (TPSA) is 0 Å². The van der Waals surface area contributed by atoms with Gasteiger partial charge in [-0.1, -0.05) is 84.8 Å². The van der Waals surface area contributed by atoms with Crippen molar-refractivity contribution in [2.24, 2.45) is 11.8 Å². The molecule has 0 aliphatic heterocycles. The molecule has 0 saturated carbocycles. The molecule has 0 aromatic heterocycles. The lowest BCUT2D eigenvalue weighted by atomic mass is 9.97. The van der Waals surface area contributed by atoms with E-state index in [9.17, 15) is 0 Å². The molecule has 0 aliphatic carbocycles. The highest BCUT2D eigenvalue weighted by Gasteiger charge is 2.00. The summed E-state index contributed by atoms with van der Waals surface area (Å²) in [5.41, 5.74) is 0. The molecule has 18 heavy (non-hydrogen) atoms. The van der Waals surface area contributed by atoms with Gasteiger partial charge in [0.25, 0.3) is 0 Å². The number of unbranched alkanes of at least 4 members (excludes halogenated alkanes) is 4. The maximum atomic E-state index is 2.44. The van der Waals surface area contributed by atoms with E-state index >= 15 is 0 Å². The third-order valence-corrected chi connectivity index (χ3v) is 3.85. The first kappa shape index (κ1) is 17.7. The Kier molecular flexibility index (Phi) is 13.0. The van der Waals surface area contributed by atoms with Crippen molar-refractivity contribution in [3.8, 4) is 0 Å². The minimum atomic E-state index is 0.785. The van der Waals surface area contributed by atoms with Gasteiger partial charge in [0.15, 0.2) is 0 Å². The van der Waals surface area contributed by atoms with Crippen molar-refractivity contribution in [2.45, 2.75) is 91.9 Å². The zero-order valence-electron chi connectivity index (χ0n) is 13.4. The van der Waals surface area contributed by atoms with Crippen LogP contribution in [0.1, 0.15) is 91.9 Å². The van der Waals surface area contributed by atoms with Crippen LogP contribution in [-0.4, -0.2) is 0 Å². The monoisotopic (exact) mass is 252 g/mol. The lowest BCUT2D eigenvalue weighted by molar-refractivity contribution is 0.474. The molecule has 0 radical (unpaired) electrons. The molecule has 0 bridgehead atoms. The predicted molar refractivity (Wildman–Crippen MR) is 85.0 cm³/mol. The Balaban J connectivity index is 3.44. The Morgan fingerprint density at radius 3 is 2.17 bits per heavy atom. The Morgan fingerprint density at radius 2 is 1.50 bits per heavy atom. The highest BCUT2D eigenvalue weighted by Crippen LogP contribution is 2.16. The van der Waals surface area contributed by atoms with E-state index in [1.54, 1.807) is 0 Å². The second-order valence-corrected chi connectivity index (χ2v) is 6.08. The molecule has 108 valence electrons. The van der Waals surface area contributed by atoms with Crippen LogP contribution < -0.4 is 0 Å². The lowest BCUT2D eigenvalue weighted by Gasteiger charge is -2.09. The quantitative estimate of drug-likeness (QED) is 0.266. The van der Waals surface area contributed by atoms with Crippen LogP contribution in [0.3, 0.4) is 0 Å². The van der Waals surface area contributed by atoms with Gasteiger partial charge >= 0.3 is 0 Å². The number of rotatable bonds is 12. The van der Waals surface area contributed by atoms with Crippen molar-refractivity contribution in [1.82, 2.24) is 0 Å². The average molecular weight is 252 g/mol. The summed E-state index contributed by atoms with van der Waals surface area (Å²) in [7, 11) is 0. The third-order valence-electron chi connectivity index (χ3n) is 3.85. The van der Waals surface area contributed by atoms with Crippen molar-refractivity contribution in [2.75, 3.05) is 0 Å². The van der Waals surface area contributed by atoms with Crippen LogP contribution in [0.4, 0.5) is 0 Å². The average Bonchev–Trinajstić information content (AvgIpc) is 2.37. The molecular weight excluding hydrogens is 216 g/mol.